The predicted octanol–water partition coefficient (Wildman–Crippen LogP) is 7.74. The van der Waals surface area contributed by atoms with Gasteiger partial charge in [-0.25, -0.2) is 4.99 Å². The van der Waals surface area contributed by atoms with Crippen molar-refractivity contribution in [3.63, 3.8) is 0 Å². The van der Waals surface area contributed by atoms with Crippen LogP contribution in [0.15, 0.2) is 113 Å². The molecule has 4 aromatic carbocycles. The minimum Gasteiger partial charge on any atom is -0.493 e. The van der Waals surface area contributed by atoms with E-state index >= 15 is 0 Å². The highest BCUT2D eigenvalue weighted by Gasteiger charge is 2.34. The van der Waals surface area contributed by atoms with E-state index in [0.29, 0.717) is 33.2 Å². The van der Waals surface area contributed by atoms with Gasteiger partial charge in [0.15, 0.2) is 16.7 Å². The Bertz CT molecular complexity index is 1470. The Labute approximate surface area is 225 Å². The summed E-state index contributed by atoms with van der Waals surface area (Å²) < 4.78 is 11.5. The number of carbonyl (C=O) groups is 1. The van der Waals surface area contributed by atoms with Gasteiger partial charge in [-0.1, -0.05) is 72.3 Å². The standard InChI is InChI=1S/C30H23ClN2O3S/c1-35-27-18-21(16-17-26(27)36-20-22-10-8-9-15-25(22)31)19-28-29(34)33(24-13-6-3-7-14-24)30(37-28)32-23-11-4-2-5-12-23/h2-19H,20H2,1H3/b28-19-,32-30?. The van der Waals surface area contributed by atoms with E-state index in [-0.39, 0.29) is 5.91 Å². The largest absolute Gasteiger partial charge is 0.493 e. The fourth-order valence-corrected chi connectivity index (χ4v) is 4.97. The minimum absolute atomic E-state index is 0.135. The van der Waals surface area contributed by atoms with E-state index in [1.165, 1.54) is 11.8 Å². The summed E-state index contributed by atoms with van der Waals surface area (Å²) in [5, 5.41) is 1.25. The van der Waals surface area contributed by atoms with Crippen LogP contribution in [0.2, 0.25) is 5.02 Å². The molecule has 1 saturated heterocycles. The molecule has 4 aromatic rings. The Hall–Kier alpha value is -4.00. The normalized spacial score (nSPS) is 15.4. The van der Waals surface area contributed by atoms with Gasteiger partial charge >= 0.3 is 0 Å². The van der Waals surface area contributed by atoms with Crippen molar-refractivity contribution in [3.8, 4) is 11.5 Å². The maximum Gasteiger partial charge on any atom is 0.271 e. The number of ether oxygens (including phenoxy) is 2. The van der Waals surface area contributed by atoms with E-state index in [0.717, 1.165) is 22.5 Å². The average Bonchev–Trinajstić information content (AvgIpc) is 3.23. The van der Waals surface area contributed by atoms with Crippen LogP contribution in [-0.2, 0) is 11.4 Å². The zero-order valence-corrected chi connectivity index (χ0v) is 21.6. The third-order valence-electron chi connectivity index (χ3n) is 5.63. The van der Waals surface area contributed by atoms with Gasteiger partial charge in [0.1, 0.15) is 6.61 Å². The van der Waals surface area contributed by atoms with Crippen LogP contribution in [0.5, 0.6) is 11.5 Å². The van der Waals surface area contributed by atoms with Crippen molar-refractivity contribution in [3.05, 3.63) is 124 Å². The van der Waals surface area contributed by atoms with Crippen LogP contribution in [0.4, 0.5) is 11.4 Å². The van der Waals surface area contributed by atoms with Gasteiger partial charge in [-0.3, -0.25) is 9.69 Å². The molecule has 0 aromatic heterocycles. The number of para-hydroxylation sites is 2. The molecule has 0 spiro atoms. The van der Waals surface area contributed by atoms with Crippen molar-refractivity contribution in [2.75, 3.05) is 12.0 Å². The van der Waals surface area contributed by atoms with E-state index in [4.69, 9.17) is 26.1 Å². The monoisotopic (exact) mass is 526 g/mol. The summed E-state index contributed by atoms with van der Waals surface area (Å²) in [5.41, 5.74) is 3.24. The van der Waals surface area contributed by atoms with Crippen molar-refractivity contribution < 1.29 is 14.3 Å². The number of carbonyl (C=O) groups excluding carboxylic acids is 1. The van der Waals surface area contributed by atoms with Crippen LogP contribution in [-0.4, -0.2) is 18.2 Å². The molecule has 5 nitrogen and oxygen atoms in total. The summed E-state index contributed by atoms with van der Waals surface area (Å²) in [6.45, 7) is 0.316. The van der Waals surface area contributed by atoms with Crippen molar-refractivity contribution in [1.82, 2.24) is 0 Å². The molecule has 1 heterocycles. The quantitative estimate of drug-likeness (QED) is 0.231. The van der Waals surface area contributed by atoms with Gasteiger partial charge in [-0.2, -0.15) is 0 Å². The highest BCUT2D eigenvalue weighted by molar-refractivity contribution is 8.19. The molecule has 1 fully saturated rings. The van der Waals surface area contributed by atoms with Crippen LogP contribution < -0.4 is 14.4 Å². The number of hydrogen-bond donors (Lipinski definition) is 0. The van der Waals surface area contributed by atoms with Crippen LogP contribution >= 0.6 is 23.4 Å². The number of thioether (sulfide) groups is 1. The fourth-order valence-electron chi connectivity index (χ4n) is 3.78. The van der Waals surface area contributed by atoms with E-state index in [1.54, 1.807) is 12.0 Å². The van der Waals surface area contributed by atoms with E-state index in [9.17, 15) is 4.79 Å². The number of halogens is 1. The molecule has 184 valence electrons. The summed E-state index contributed by atoms with van der Waals surface area (Å²) in [7, 11) is 1.59. The molecule has 0 atom stereocenters. The van der Waals surface area contributed by atoms with E-state index in [2.05, 4.69) is 0 Å². The molecular weight excluding hydrogens is 504 g/mol. The summed E-state index contributed by atoms with van der Waals surface area (Å²) >= 11 is 7.59. The van der Waals surface area contributed by atoms with Crippen LogP contribution in [0.25, 0.3) is 6.08 Å². The first-order valence-corrected chi connectivity index (χ1v) is 12.8. The number of amides is 1. The zero-order valence-electron chi connectivity index (χ0n) is 20.0. The highest BCUT2D eigenvalue weighted by Crippen LogP contribution is 2.38. The zero-order chi connectivity index (χ0) is 25.6. The molecule has 7 heteroatoms. The Morgan fingerprint density at radius 3 is 2.32 bits per heavy atom. The first-order chi connectivity index (χ1) is 18.1. The lowest BCUT2D eigenvalue weighted by Crippen LogP contribution is -2.28. The average molecular weight is 527 g/mol. The van der Waals surface area contributed by atoms with Gasteiger partial charge in [0.05, 0.1) is 23.4 Å². The van der Waals surface area contributed by atoms with Gasteiger partial charge in [0, 0.05) is 10.6 Å². The van der Waals surface area contributed by atoms with Gasteiger partial charge in [-0.05, 0) is 65.9 Å². The number of hydrogen-bond acceptors (Lipinski definition) is 5. The van der Waals surface area contributed by atoms with Crippen molar-refractivity contribution >= 4 is 51.9 Å². The molecule has 1 aliphatic heterocycles. The van der Waals surface area contributed by atoms with Crippen molar-refractivity contribution in [1.29, 1.82) is 0 Å². The summed E-state index contributed by atoms with van der Waals surface area (Å²) in [6.07, 6.45) is 1.84. The lowest BCUT2D eigenvalue weighted by Gasteiger charge is -2.15. The Balaban J connectivity index is 1.43. The topological polar surface area (TPSA) is 51.1 Å². The molecule has 1 amide bonds. The van der Waals surface area contributed by atoms with E-state index < -0.39 is 0 Å². The van der Waals surface area contributed by atoms with Gasteiger partial charge in [0.2, 0.25) is 0 Å². The molecule has 37 heavy (non-hydrogen) atoms. The number of rotatable bonds is 7. The second kappa shape index (κ2) is 11.4. The number of aliphatic imine (C=N–C) groups is 1. The second-order valence-electron chi connectivity index (χ2n) is 8.11. The number of benzene rings is 4. The van der Waals surface area contributed by atoms with Crippen molar-refractivity contribution in [2.24, 2.45) is 4.99 Å². The van der Waals surface area contributed by atoms with Crippen molar-refractivity contribution in [2.45, 2.75) is 6.61 Å². The van der Waals surface area contributed by atoms with Gasteiger partial charge in [-0.15, -0.1) is 0 Å². The molecule has 5 rings (SSSR count). The Morgan fingerprint density at radius 1 is 0.892 bits per heavy atom. The van der Waals surface area contributed by atoms with Crippen LogP contribution in [0.3, 0.4) is 0 Å². The lowest BCUT2D eigenvalue weighted by atomic mass is 10.1. The second-order valence-corrected chi connectivity index (χ2v) is 9.52. The summed E-state index contributed by atoms with van der Waals surface area (Å²) in [5.74, 6) is 1.02. The molecule has 0 N–H and O–H groups in total. The SMILES string of the molecule is COc1cc(/C=C2\SC(=Nc3ccccc3)N(c3ccccc3)C2=O)ccc1OCc1ccccc1Cl. The number of anilines is 1. The molecule has 0 saturated carbocycles. The van der Waals surface area contributed by atoms with Gasteiger partial charge < -0.3 is 9.47 Å². The molecule has 0 radical (unpaired) electrons. The summed E-state index contributed by atoms with van der Waals surface area (Å²) in [4.78, 5) is 20.5. The smallest absolute Gasteiger partial charge is 0.271 e. The Morgan fingerprint density at radius 2 is 1.59 bits per heavy atom. The third-order valence-corrected chi connectivity index (χ3v) is 6.97. The fraction of sp³-hybridized carbons (Fsp3) is 0.0667. The van der Waals surface area contributed by atoms with Crippen LogP contribution in [0, 0.1) is 0 Å². The first-order valence-electron chi connectivity index (χ1n) is 11.6. The number of methoxy groups -OCH3 is 1. The molecule has 0 unspecified atom stereocenters. The number of amidine groups is 1. The number of nitrogens with zero attached hydrogens (tertiary/aromatic N) is 2. The molecule has 1 aliphatic rings. The molecular formula is C30H23ClN2O3S. The first kappa shape index (κ1) is 24.7. The van der Waals surface area contributed by atoms with Crippen LogP contribution in [0.1, 0.15) is 11.1 Å². The maximum absolute atomic E-state index is 13.5. The lowest BCUT2D eigenvalue weighted by molar-refractivity contribution is -0.113. The predicted molar refractivity (Wildman–Crippen MR) is 152 cm³/mol. The maximum atomic E-state index is 13.5. The molecule has 0 bridgehead atoms. The molecule has 0 aliphatic carbocycles. The minimum atomic E-state index is -0.135. The summed E-state index contributed by atoms with van der Waals surface area (Å²) in [6, 6.07) is 32.3. The third kappa shape index (κ3) is 5.71. The van der Waals surface area contributed by atoms with Gasteiger partial charge in [0.25, 0.3) is 5.91 Å². The van der Waals surface area contributed by atoms with E-state index in [1.807, 2.05) is 109 Å². The Kier molecular flexibility index (Phi) is 7.59. The highest BCUT2D eigenvalue weighted by atomic mass is 35.5.